The standard InChI is InChI=1S/C24H24N6O2/c1-15(18-10-12-20(32-4)13-11-18)25-28-24(31)22-14-21(26-27-22)23-16(2)29-30(17(23)3)19-8-6-5-7-9-19/h5-14H,1-4H3,(H,26,27)(H,28,31). The SMILES string of the molecule is COc1ccc(C(C)=NNC(=O)c2cc(-c3c(C)nn(-c4ccccc4)c3C)n[nH]2)cc1. The second-order valence-corrected chi connectivity index (χ2v) is 7.33. The molecule has 0 saturated heterocycles. The average Bonchev–Trinajstić information content (AvgIpc) is 3.42. The quantitative estimate of drug-likeness (QED) is 0.358. The van der Waals surface area contributed by atoms with E-state index in [4.69, 9.17) is 4.74 Å². The Balaban J connectivity index is 1.52. The van der Waals surface area contributed by atoms with E-state index in [-0.39, 0.29) is 5.91 Å². The topological polar surface area (TPSA) is 97.2 Å². The summed E-state index contributed by atoms with van der Waals surface area (Å²) in [5, 5.41) is 16.0. The van der Waals surface area contributed by atoms with Crippen molar-refractivity contribution in [3.8, 4) is 22.7 Å². The summed E-state index contributed by atoms with van der Waals surface area (Å²) in [6.45, 7) is 5.74. The molecule has 0 aliphatic carbocycles. The Hall–Kier alpha value is -4.20. The van der Waals surface area contributed by atoms with Crippen LogP contribution in [0, 0.1) is 13.8 Å². The molecule has 4 rings (SSSR count). The summed E-state index contributed by atoms with van der Waals surface area (Å²) < 4.78 is 7.04. The van der Waals surface area contributed by atoms with Crippen molar-refractivity contribution in [2.24, 2.45) is 5.10 Å². The zero-order valence-electron chi connectivity index (χ0n) is 18.4. The molecule has 0 atom stereocenters. The Morgan fingerprint density at radius 1 is 1.09 bits per heavy atom. The number of nitrogens with one attached hydrogen (secondary N) is 2. The number of carbonyl (C=O) groups is 1. The van der Waals surface area contributed by atoms with Crippen molar-refractivity contribution in [2.45, 2.75) is 20.8 Å². The molecule has 0 bridgehead atoms. The highest BCUT2D eigenvalue weighted by atomic mass is 16.5. The van der Waals surface area contributed by atoms with Gasteiger partial charge < -0.3 is 4.74 Å². The maximum absolute atomic E-state index is 12.6. The first-order valence-electron chi connectivity index (χ1n) is 10.1. The van der Waals surface area contributed by atoms with Crippen LogP contribution in [0.15, 0.2) is 65.8 Å². The minimum Gasteiger partial charge on any atom is -0.497 e. The molecule has 1 amide bonds. The van der Waals surface area contributed by atoms with Crippen molar-refractivity contribution in [2.75, 3.05) is 7.11 Å². The molecule has 2 aromatic heterocycles. The predicted molar refractivity (Wildman–Crippen MR) is 123 cm³/mol. The summed E-state index contributed by atoms with van der Waals surface area (Å²) in [6, 6.07) is 19.1. The first-order chi connectivity index (χ1) is 15.5. The molecule has 0 aliphatic heterocycles. The smallest absolute Gasteiger partial charge is 0.289 e. The van der Waals surface area contributed by atoms with Crippen LogP contribution in [0.3, 0.4) is 0 Å². The number of aryl methyl sites for hydroxylation is 1. The number of aromatic nitrogens is 4. The molecule has 0 saturated carbocycles. The molecule has 8 nitrogen and oxygen atoms in total. The van der Waals surface area contributed by atoms with E-state index in [0.717, 1.165) is 34.0 Å². The summed E-state index contributed by atoms with van der Waals surface area (Å²) in [6.07, 6.45) is 0. The van der Waals surface area contributed by atoms with Gasteiger partial charge in [0.05, 0.1) is 35.6 Å². The minimum absolute atomic E-state index is 0.317. The van der Waals surface area contributed by atoms with Crippen LogP contribution in [-0.2, 0) is 0 Å². The lowest BCUT2D eigenvalue weighted by molar-refractivity contribution is 0.0950. The highest BCUT2D eigenvalue weighted by Crippen LogP contribution is 2.27. The summed E-state index contributed by atoms with van der Waals surface area (Å²) in [4.78, 5) is 12.6. The van der Waals surface area contributed by atoms with E-state index in [9.17, 15) is 4.79 Å². The van der Waals surface area contributed by atoms with E-state index in [1.54, 1.807) is 13.2 Å². The van der Waals surface area contributed by atoms with Crippen LogP contribution in [-0.4, -0.2) is 38.7 Å². The number of benzene rings is 2. The molecular weight excluding hydrogens is 404 g/mol. The number of hydrazone groups is 1. The van der Waals surface area contributed by atoms with Crippen LogP contribution >= 0.6 is 0 Å². The lowest BCUT2D eigenvalue weighted by Gasteiger charge is -2.04. The van der Waals surface area contributed by atoms with Crippen LogP contribution < -0.4 is 10.2 Å². The first kappa shape index (κ1) is 21.0. The summed E-state index contributed by atoms with van der Waals surface area (Å²) in [5.41, 5.74) is 8.75. The molecule has 0 aliphatic rings. The van der Waals surface area contributed by atoms with Gasteiger partial charge in [-0.15, -0.1) is 0 Å². The zero-order chi connectivity index (χ0) is 22.7. The maximum Gasteiger partial charge on any atom is 0.289 e. The first-order valence-corrected chi connectivity index (χ1v) is 10.1. The van der Waals surface area contributed by atoms with E-state index in [1.807, 2.05) is 80.1 Å². The fraction of sp³-hybridized carbons (Fsp3) is 0.167. The number of para-hydroxylation sites is 1. The van der Waals surface area contributed by atoms with E-state index in [2.05, 4.69) is 25.8 Å². The summed E-state index contributed by atoms with van der Waals surface area (Å²) in [5.74, 6) is 0.388. The lowest BCUT2D eigenvalue weighted by Crippen LogP contribution is -2.19. The molecule has 0 spiro atoms. The van der Waals surface area contributed by atoms with Crippen LogP contribution in [0.1, 0.15) is 34.4 Å². The van der Waals surface area contributed by atoms with Gasteiger partial charge in [0.1, 0.15) is 11.4 Å². The molecule has 2 N–H and O–H groups in total. The monoisotopic (exact) mass is 428 g/mol. The molecule has 2 heterocycles. The number of carbonyl (C=O) groups excluding carboxylic acids is 1. The fourth-order valence-corrected chi connectivity index (χ4v) is 3.49. The van der Waals surface area contributed by atoms with Gasteiger partial charge in [-0.25, -0.2) is 10.1 Å². The number of aromatic amines is 1. The molecule has 0 radical (unpaired) electrons. The summed E-state index contributed by atoms with van der Waals surface area (Å²) >= 11 is 0. The minimum atomic E-state index is -0.373. The second kappa shape index (κ2) is 8.89. The number of hydrogen-bond acceptors (Lipinski definition) is 5. The van der Waals surface area contributed by atoms with Gasteiger partial charge in [-0.1, -0.05) is 18.2 Å². The van der Waals surface area contributed by atoms with Crippen molar-refractivity contribution in [1.82, 2.24) is 25.4 Å². The van der Waals surface area contributed by atoms with Gasteiger partial charge in [0, 0.05) is 5.56 Å². The predicted octanol–water partition coefficient (Wildman–Crippen LogP) is 4.04. The summed E-state index contributed by atoms with van der Waals surface area (Å²) in [7, 11) is 1.62. The van der Waals surface area contributed by atoms with Crippen molar-refractivity contribution >= 4 is 11.6 Å². The Morgan fingerprint density at radius 2 is 1.81 bits per heavy atom. The molecule has 4 aromatic rings. The third kappa shape index (κ3) is 4.15. The largest absolute Gasteiger partial charge is 0.497 e. The molecule has 162 valence electrons. The number of amides is 1. The van der Waals surface area contributed by atoms with E-state index in [0.29, 0.717) is 17.1 Å². The van der Waals surface area contributed by atoms with Crippen molar-refractivity contribution in [1.29, 1.82) is 0 Å². The van der Waals surface area contributed by atoms with E-state index >= 15 is 0 Å². The van der Waals surface area contributed by atoms with Gasteiger partial charge in [-0.05, 0) is 68.8 Å². The van der Waals surface area contributed by atoms with Crippen molar-refractivity contribution in [3.05, 3.63) is 83.3 Å². The van der Waals surface area contributed by atoms with Crippen LogP contribution in [0.25, 0.3) is 16.9 Å². The molecule has 0 unspecified atom stereocenters. The third-order valence-corrected chi connectivity index (χ3v) is 5.20. The Morgan fingerprint density at radius 3 is 2.50 bits per heavy atom. The Bertz CT molecular complexity index is 1270. The maximum atomic E-state index is 12.6. The van der Waals surface area contributed by atoms with Crippen LogP contribution in [0.4, 0.5) is 0 Å². The van der Waals surface area contributed by atoms with Gasteiger partial charge in [-0.3, -0.25) is 9.89 Å². The zero-order valence-corrected chi connectivity index (χ0v) is 18.4. The van der Waals surface area contributed by atoms with Crippen LogP contribution in [0.2, 0.25) is 0 Å². The van der Waals surface area contributed by atoms with Gasteiger partial charge in [0.15, 0.2) is 0 Å². The number of nitrogens with zero attached hydrogens (tertiary/aromatic N) is 4. The van der Waals surface area contributed by atoms with Gasteiger partial charge in [0.25, 0.3) is 5.91 Å². The molecule has 32 heavy (non-hydrogen) atoms. The third-order valence-electron chi connectivity index (χ3n) is 5.20. The average molecular weight is 428 g/mol. The molecule has 0 fully saturated rings. The Kier molecular flexibility index (Phi) is 5.85. The van der Waals surface area contributed by atoms with Crippen LogP contribution in [0.5, 0.6) is 5.75 Å². The highest BCUT2D eigenvalue weighted by molar-refractivity contribution is 6.00. The lowest BCUT2D eigenvalue weighted by atomic mass is 10.1. The van der Waals surface area contributed by atoms with Gasteiger partial charge in [0.2, 0.25) is 0 Å². The van der Waals surface area contributed by atoms with E-state index < -0.39 is 0 Å². The fourth-order valence-electron chi connectivity index (χ4n) is 3.49. The molecular formula is C24H24N6O2. The number of rotatable bonds is 6. The second-order valence-electron chi connectivity index (χ2n) is 7.33. The molecule has 8 heteroatoms. The van der Waals surface area contributed by atoms with Gasteiger partial charge in [-0.2, -0.15) is 15.3 Å². The molecule has 2 aromatic carbocycles. The number of H-pyrrole nitrogens is 1. The number of ether oxygens (including phenoxy) is 1. The van der Waals surface area contributed by atoms with E-state index in [1.165, 1.54) is 0 Å². The normalized spacial score (nSPS) is 11.4. The van der Waals surface area contributed by atoms with Crippen molar-refractivity contribution in [3.63, 3.8) is 0 Å². The highest BCUT2D eigenvalue weighted by Gasteiger charge is 2.19. The van der Waals surface area contributed by atoms with Crippen molar-refractivity contribution < 1.29 is 9.53 Å². The van der Waals surface area contributed by atoms with Gasteiger partial charge >= 0.3 is 0 Å². The number of methoxy groups -OCH3 is 1. The Labute approximate surface area is 185 Å². The number of hydrogen-bond donors (Lipinski definition) is 2.